The molecule has 152 valence electrons. The Morgan fingerprint density at radius 2 is 1.78 bits per heavy atom. The molecular formula is C17H24ClFN2O6. The van der Waals surface area contributed by atoms with Crippen LogP contribution in [-0.4, -0.2) is 54.4 Å². The van der Waals surface area contributed by atoms with Crippen molar-refractivity contribution in [1.82, 2.24) is 5.32 Å². The zero-order valence-electron chi connectivity index (χ0n) is 15.0. The molecule has 0 radical (unpaired) electrons. The third-order valence-electron chi connectivity index (χ3n) is 2.96. The van der Waals surface area contributed by atoms with Gasteiger partial charge in [-0.3, -0.25) is 4.79 Å². The Labute approximate surface area is 161 Å². The van der Waals surface area contributed by atoms with E-state index in [1.54, 1.807) is 0 Å². The first kappa shape index (κ1) is 24.8. The normalized spacial score (nSPS) is 9.89. The van der Waals surface area contributed by atoms with E-state index >= 15 is 0 Å². The lowest BCUT2D eigenvalue weighted by molar-refractivity contribution is -0.159. The maximum Gasteiger partial charge on any atom is 0.414 e. The molecule has 1 rings (SSSR count). The molecule has 0 aliphatic rings. The van der Waals surface area contributed by atoms with Gasteiger partial charge in [0.05, 0.1) is 12.2 Å². The zero-order valence-corrected chi connectivity index (χ0v) is 15.7. The molecule has 0 atom stereocenters. The largest absolute Gasteiger partial charge is 0.473 e. The molecule has 1 aromatic carbocycles. The maximum atomic E-state index is 13.5. The average Bonchev–Trinajstić information content (AvgIpc) is 2.60. The second kappa shape index (κ2) is 14.9. The van der Waals surface area contributed by atoms with Crippen LogP contribution in [0.25, 0.3) is 0 Å². The minimum atomic E-state index is -1.82. The number of anilines is 1. The van der Waals surface area contributed by atoms with Gasteiger partial charge in [0, 0.05) is 18.2 Å². The van der Waals surface area contributed by atoms with Crippen molar-refractivity contribution in [2.45, 2.75) is 26.2 Å². The highest BCUT2D eigenvalue weighted by atomic mass is 35.5. The number of nitrogens with one attached hydrogen (secondary N) is 2. The molecule has 0 aromatic heterocycles. The molecule has 0 unspecified atom stereocenters. The summed E-state index contributed by atoms with van der Waals surface area (Å²) in [6.07, 6.45) is 3.04. The van der Waals surface area contributed by atoms with E-state index < -0.39 is 17.8 Å². The van der Waals surface area contributed by atoms with E-state index in [2.05, 4.69) is 17.6 Å². The summed E-state index contributed by atoms with van der Waals surface area (Å²) in [6.45, 7) is 4.40. The number of unbranched alkanes of at least 4 members (excludes halogenated alkanes) is 1. The van der Waals surface area contributed by atoms with Crippen LogP contribution in [0.2, 0.25) is 5.02 Å². The molecule has 0 saturated carbocycles. The molecule has 1 aromatic rings. The first-order chi connectivity index (χ1) is 12.8. The lowest BCUT2D eigenvalue weighted by atomic mass is 10.3. The van der Waals surface area contributed by atoms with E-state index in [1.807, 2.05) is 0 Å². The molecule has 0 spiro atoms. The van der Waals surface area contributed by atoms with Gasteiger partial charge in [-0.25, -0.2) is 14.0 Å². The van der Waals surface area contributed by atoms with Crippen molar-refractivity contribution in [2.75, 3.05) is 31.6 Å². The molecule has 0 fully saturated rings. The number of aliphatic carboxylic acids is 2. The van der Waals surface area contributed by atoms with Gasteiger partial charge in [0.1, 0.15) is 5.82 Å². The molecule has 4 N–H and O–H groups in total. The number of rotatable bonds is 10. The van der Waals surface area contributed by atoms with Crippen molar-refractivity contribution in [1.29, 1.82) is 0 Å². The van der Waals surface area contributed by atoms with Crippen molar-refractivity contribution < 1.29 is 33.7 Å². The number of carboxylic acid groups (broad SMARTS) is 2. The van der Waals surface area contributed by atoms with Crippen LogP contribution in [-0.2, 0) is 19.1 Å². The highest BCUT2D eigenvalue weighted by molar-refractivity contribution is 6.30. The standard InChI is InChI=1S/C15H22ClFN2O2.C2H2O4/c1-2-3-8-21-9-4-7-18-11-15(20)19-14-6-5-12(16)10-13(14)17;3-1(4)2(5)6/h5-6,10,18H,2-4,7-9,11H2,1H3,(H,19,20);(H,3,4)(H,5,6). The summed E-state index contributed by atoms with van der Waals surface area (Å²) in [7, 11) is 0. The highest BCUT2D eigenvalue weighted by Gasteiger charge is 2.07. The molecule has 0 saturated heterocycles. The first-order valence-electron chi connectivity index (χ1n) is 8.27. The Balaban J connectivity index is 0.000000972. The number of hydrogen-bond donors (Lipinski definition) is 4. The second-order valence-electron chi connectivity index (χ2n) is 5.28. The third kappa shape index (κ3) is 13.6. The van der Waals surface area contributed by atoms with Gasteiger partial charge in [0.25, 0.3) is 0 Å². The van der Waals surface area contributed by atoms with Crippen LogP contribution in [0.3, 0.4) is 0 Å². The fourth-order valence-corrected chi connectivity index (χ4v) is 1.79. The van der Waals surface area contributed by atoms with Crippen LogP contribution < -0.4 is 10.6 Å². The van der Waals surface area contributed by atoms with Crippen LogP contribution in [0.15, 0.2) is 18.2 Å². The molecule has 1 amide bonds. The number of carboxylic acids is 2. The number of benzene rings is 1. The summed E-state index contributed by atoms with van der Waals surface area (Å²) in [5.41, 5.74) is 0.133. The van der Waals surface area contributed by atoms with E-state index in [9.17, 15) is 9.18 Å². The Bertz CT molecular complexity index is 603. The van der Waals surface area contributed by atoms with Gasteiger partial charge in [0.2, 0.25) is 5.91 Å². The number of ether oxygens (including phenoxy) is 1. The lowest BCUT2D eigenvalue weighted by Gasteiger charge is -2.08. The summed E-state index contributed by atoms with van der Waals surface area (Å²) >= 11 is 5.64. The molecular weight excluding hydrogens is 383 g/mol. The van der Waals surface area contributed by atoms with Crippen LogP contribution >= 0.6 is 11.6 Å². The van der Waals surface area contributed by atoms with Crippen molar-refractivity contribution in [3.05, 3.63) is 29.0 Å². The average molecular weight is 407 g/mol. The zero-order chi connectivity index (χ0) is 20.7. The van der Waals surface area contributed by atoms with Crippen molar-refractivity contribution in [3.8, 4) is 0 Å². The topological polar surface area (TPSA) is 125 Å². The number of amides is 1. The van der Waals surface area contributed by atoms with Gasteiger partial charge in [-0.05, 0) is 37.6 Å². The number of carbonyl (C=O) groups excluding carboxylic acids is 1. The predicted molar refractivity (Wildman–Crippen MR) is 98.5 cm³/mol. The van der Waals surface area contributed by atoms with Crippen LogP contribution in [0.1, 0.15) is 26.2 Å². The number of hydrogen-bond acceptors (Lipinski definition) is 5. The fraction of sp³-hybridized carbons (Fsp3) is 0.471. The minimum absolute atomic E-state index is 0.133. The highest BCUT2D eigenvalue weighted by Crippen LogP contribution is 2.18. The van der Waals surface area contributed by atoms with Gasteiger partial charge < -0.3 is 25.6 Å². The molecule has 8 nitrogen and oxygen atoms in total. The molecule has 0 aliphatic heterocycles. The van der Waals surface area contributed by atoms with Gasteiger partial charge in [0.15, 0.2) is 0 Å². The SMILES string of the molecule is CCCCOCCCNCC(=O)Nc1ccc(Cl)cc1F.O=C(O)C(=O)O. The van der Waals surface area contributed by atoms with Gasteiger partial charge in [-0.1, -0.05) is 24.9 Å². The number of halogens is 2. The van der Waals surface area contributed by atoms with E-state index in [1.165, 1.54) is 12.1 Å². The van der Waals surface area contributed by atoms with E-state index in [-0.39, 0.29) is 18.1 Å². The smallest absolute Gasteiger partial charge is 0.414 e. The Morgan fingerprint density at radius 1 is 1.15 bits per heavy atom. The Kier molecular flexibility index (Phi) is 13.7. The first-order valence-corrected chi connectivity index (χ1v) is 8.65. The molecule has 10 heteroatoms. The molecule has 27 heavy (non-hydrogen) atoms. The fourth-order valence-electron chi connectivity index (χ4n) is 1.63. The third-order valence-corrected chi connectivity index (χ3v) is 3.19. The Hall–Kier alpha value is -2.23. The summed E-state index contributed by atoms with van der Waals surface area (Å²) in [6, 6.07) is 4.14. The van der Waals surface area contributed by atoms with Gasteiger partial charge in [-0.15, -0.1) is 0 Å². The summed E-state index contributed by atoms with van der Waals surface area (Å²) in [4.78, 5) is 29.8. The van der Waals surface area contributed by atoms with E-state index in [0.29, 0.717) is 18.2 Å². The van der Waals surface area contributed by atoms with Crippen LogP contribution in [0.5, 0.6) is 0 Å². The molecule has 0 heterocycles. The summed E-state index contributed by atoms with van der Waals surface area (Å²) in [5, 5.41) is 20.6. The van der Waals surface area contributed by atoms with Crippen molar-refractivity contribution >= 4 is 35.1 Å². The van der Waals surface area contributed by atoms with Crippen molar-refractivity contribution in [2.24, 2.45) is 0 Å². The Morgan fingerprint density at radius 3 is 2.33 bits per heavy atom. The van der Waals surface area contributed by atoms with Crippen LogP contribution in [0.4, 0.5) is 10.1 Å². The monoisotopic (exact) mass is 406 g/mol. The maximum absolute atomic E-state index is 13.5. The quantitative estimate of drug-likeness (QED) is 0.347. The van der Waals surface area contributed by atoms with E-state index in [0.717, 1.165) is 31.9 Å². The molecule has 0 bridgehead atoms. The molecule has 0 aliphatic carbocycles. The van der Waals surface area contributed by atoms with Crippen molar-refractivity contribution in [3.63, 3.8) is 0 Å². The lowest BCUT2D eigenvalue weighted by Crippen LogP contribution is -2.29. The summed E-state index contributed by atoms with van der Waals surface area (Å²) < 4.78 is 18.9. The van der Waals surface area contributed by atoms with Gasteiger partial charge >= 0.3 is 11.9 Å². The van der Waals surface area contributed by atoms with Gasteiger partial charge in [-0.2, -0.15) is 0 Å². The van der Waals surface area contributed by atoms with E-state index in [4.69, 9.17) is 36.1 Å². The second-order valence-corrected chi connectivity index (χ2v) is 5.72. The minimum Gasteiger partial charge on any atom is -0.473 e. The van der Waals surface area contributed by atoms with Crippen LogP contribution in [0, 0.1) is 5.82 Å². The summed E-state index contributed by atoms with van der Waals surface area (Å²) in [5.74, 6) is -4.48. The number of carbonyl (C=O) groups is 3. The predicted octanol–water partition coefficient (Wildman–Crippen LogP) is 2.37.